The Morgan fingerprint density at radius 3 is 2.35 bits per heavy atom. The third-order valence-electron chi connectivity index (χ3n) is 2.90. The van der Waals surface area contributed by atoms with E-state index in [1.807, 2.05) is 6.92 Å². The van der Waals surface area contributed by atoms with Gasteiger partial charge in [-0.1, -0.05) is 19.8 Å². The van der Waals surface area contributed by atoms with Crippen LogP contribution < -0.4 is 11.1 Å². The van der Waals surface area contributed by atoms with Gasteiger partial charge in [0, 0.05) is 12.8 Å². The molecule has 0 radical (unpaired) electrons. The molecule has 0 aliphatic carbocycles. The maximum absolute atomic E-state index is 11.6. The normalized spacial score (nSPS) is 14.4. The lowest BCUT2D eigenvalue weighted by molar-refractivity contribution is -0.122. The first-order valence-electron chi connectivity index (χ1n) is 5.84. The van der Waals surface area contributed by atoms with Crippen molar-refractivity contribution in [2.24, 2.45) is 5.73 Å². The zero-order valence-electron chi connectivity index (χ0n) is 11.1. The van der Waals surface area contributed by atoms with Gasteiger partial charge in [-0.3, -0.25) is 4.79 Å². The molecule has 0 aliphatic heterocycles. The van der Waals surface area contributed by atoms with Gasteiger partial charge in [0.15, 0.2) is 9.84 Å². The van der Waals surface area contributed by atoms with Gasteiger partial charge in [-0.05, 0) is 20.3 Å². The highest BCUT2D eigenvalue weighted by atomic mass is 32.2. The maximum Gasteiger partial charge on any atom is 0.236 e. The number of nitrogens with two attached hydrogens (primary N) is 1. The summed E-state index contributed by atoms with van der Waals surface area (Å²) in [6, 6.07) is -0.551. The van der Waals surface area contributed by atoms with E-state index in [0.29, 0.717) is 6.42 Å². The van der Waals surface area contributed by atoms with E-state index in [-0.39, 0.29) is 12.5 Å². The summed E-state index contributed by atoms with van der Waals surface area (Å²) in [5.74, 6) is -0.282. The van der Waals surface area contributed by atoms with Crippen LogP contribution in [-0.4, -0.2) is 37.9 Å². The molecule has 0 aromatic carbocycles. The van der Waals surface area contributed by atoms with Crippen molar-refractivity contribution >= 4 is 15.7 Å². The van der Waals surface area contributed by atoms with Crippen LogP contribution in [0, 0.1) is 0 Å². The van der Waals surface area contributed by atoms with E-state index in [9.17, 15) is 13.2 Å². The first-order valence-corrected chi connectivity index (χ1v) is 7.74. The molecule has 0 aromatic rings. The van der Waals surface area contributed by atoms with Gasteiger partial charge in [0.25, 0.3) is 0 Å². The van der Waals surface area contributed by atoms with Crippen LogP contribution in [0.2, 0.25) is 0 Å². The van der Waals surface area contributed by atoms with Crippen LogP contribution in [0.1, 0.15) is 40.0 Å². The van der Waals surface area contributed by atoms with Crippen LogP contribution in [0.4, 0.5) is 0 Å². The maximum atomic E-state index is 11.6. The topological polar surface area (TPSA) is 89.3 Å². The fourth-order valence-electron chi connectivity index (χ4n) is 1.12. The summed E-state index contributed by atoms with van der Waals surface area (Å²) in [4.78, 5) is 11.6. The van der Waals surface area contributed by atoms with Crippen molar-refractivity contribution in [1.29, 1.82) is 0 Å². The van der Waals surface area contributed by atoms with E-state index >= 15 is 0 Å². The van der Waals surface area contributed by atoms with E-state index in [1.165, 1.54) is 0 Å². The summed E-state index contributed by atoms with van der Waals surface area (Å²) in [6.45, 7) is 5.28. The number of hydrogen-bond donors (Lipinski definition) is 2. The Bertz CT molecular complexity index is 350. The Morgan fingerprint density at radius 1 is 1.41 bits per heavy atom. The van der Waals surface area contributed by atoms with Crippen LogP contribution in [-0.2, 0) is 14.6 Å². The molecular formula is C11H24N2O3S. The Labute approximate surface area is 104 Å². The van der Waals surface area contributed by atoms with Gasteiger partial charge >= 0.3 is 0 Å². The summed E-state index contributed by atoms with van der Waals surface area (Å²) in [7, 11) is -3.20. The summed E-state index contributed by atoms with van der Waals surface area (Å²) in [6.07, 6.45) is 3.66. The van der Waals surface area contributed by atoms with Crippen molar-refractivity contribution in [2.75, 3.05) is 12.8 Å². The molecular weight excluding hydrogens is 240 g/mol. The molecule has 1 amide bonds. The van der Waals surface area contributed by atoms with Gasteiger partial charge in [-0.25, -0.2) is 8.42 Å². The number of carbonyl (C=O) groups is 1. The molecule has 0 bridgehead atoms. The standard InChI is InChI=1S/C11H24N2O3S/c1-5-6-7-9(12)10(14)13-8-11(2,3)17(4,15)16/h9H,5-8,12H2,1-4H3,(H,13,14). The molecule has 102 valence electrons. The Balaban J connectivity index is 4.25. The molecule has 0 fully saturated rings. The first kappa shape index (κ1) is 16.4. The van der Waals surface area contributed by atoms with Gasteiger partial charge < -0.3 is 11.1 Å². The largest absolute Gasteiger partial charge is 0.353 e. The molecule has 1 unspecified atom stereocenters. The molecule has 0 aliphatic rings. The van der Waals surface area contributed by atoms with E-state index in [1.54, 1.807) is 13.8 Å². The van der Waals surface area contributed by atoms with Crippen LogP contribution in [0.25, 0.3) is 0 Å². The second-order valence-corrected chi connectivity index (χ2v) is 7.65. The van der Waals surface area contributed by atoms with E-state index < -0.39 is 20.6 Å². The number of carbonyl (C=O) groups excluding carboxylic acids is 1. The number of nitrogens with one attached hydrogen (secondary N) is 1. The first-order chi connectivity index (χ1) is 7.62. The third-order valence-corrected chi connectivity index (χ3v) is 5.05. The van der Waals surface area contributed by atoms with Crippen molar-refractivity contribution in [3.05, 3.63) is 0 Å². The summed E-state index contributed by atoms with van der Waals surface area (Å²) >= 11 is 0. The Hall–Kier alpha value is -0.620. The smallest absolute Gasteiger partial charge is 0.236 e. The average molecular weight is 264 g/mol. The zero-order chi connectivity index (χ0) is 13.7. The molecule has 0 saturated heterocycles. The minimum Gasteiger partial charge on any atom is -0.353 e. The van der Waals surface area contributed by atoms with Crippen molar-refractivity contribution in [2.45, 2.75) is 50.8 Å². The Morgan fingerprint density at radius 2 is 1.94 bits per heavy atom. The van der Waals surface area contributed by atoms with Gasteiger partial charge in [-0.2, -0.15) is 0 Å². The lowest BCUT2D eigenvalue weighted by atomic mass is 10.1. The lowest BCUT2D eigenvalue weighted by Gasteiger charge is -2.23. The highest BCUT2D eigenvalue weighted by Gasteiger charge is 2.30. The number of rotatable bonds is 7. The van der Waals surface area contributed by atoms with Crippen LogP contribution >= 0.6 is 0 Å². The number of amides is 1. The summed E-state index contributed by atoms with van der Waals surface area (Å²) < 4.78 is 21.9. The van der Waals surface area contributed by atoms with Crippen molar-refractivity contribution in [1.82, 2.24) is 5.32 Å². The molecule has 6 heteroatoms. The Kier molecular flexibility index (Phi) is 6.12. The summed E-state index contributed by atoms with van der Waals surface area (Å²) in [5.41, 5.74) is 5.68. The molecule has 3 N–H and O–H groups in total. The van der Waals surface area contributed by atoms with Crippen molar-refractivity contribution < 1.29 is 13.2 Å². The number of hydrogen-bond acceptors (Lipinski definition) is 4. The average Bonchev–Trinajstić information content (AvgIpc) is 2.20. The van der Waals surface area contributed by atoms with E-state index in [4.69, 9.17) is 5.73 Å². The molecule has 0 heterocycles. The SMILES string of the molecule is CCCCC(N)C(=O)NCC(C)(C)S(C)(=O)=O. The molecule has 17 heavy (non-hydrogen) atoms. The predicted molar refractivity (Wildman–Crippen MR) is 69.4 cm³/mol. The second kappa shape index (κ2) is 6.35. The molecule has 1 atom stereocenters. The highest BCUT2D eigenvalue weighted by molar-refractivity contribution is 7.92. The van der Waals surface area contributed by atoms with Gasteiger partial charge in [-0.15, -0.1) is 0 Å². The minimum absolute atomic E-state index is 0.0878. The van der Waals surface area contributed by atoms with E-state index in [0.717, 1.165) is 19.1 Å². The third kappa shape index (κ3) is 5.50. The predicted octanol–water partition coefficient (Wildman–Crippen LogP) is 0.443. The van der Waals surface area contributed by atoms with Crippen LogP contribution in [0.3, 0.4) is 0 Å². The van der Waals surface area contributed by atoms with E-state index in [2.05, 4.69) is 5.32 Å². The number of unbranched alkanes of at least 4 members (excludes halogenated alkanes) is 1. The van der Waals surface area contributed by atoms with Gasteiger partial charge in [0.2, 0.25) is 5.91 Å². The van der Waals surface area contributed by atoms with Crippen LogP contribution in [0.15, 0.2) is 0 Å². The zero-order valence-corrected chi connectivity index (χ0v) is 11.9. The lowest BCUT2D eigenvalue weighted by Crippen LogP contribution is -2.48. The second-order valence-electron chi connectivity index (χ2n) is 5.00. The molecule has 0 rings (SSSR count). The summed E-state index contributed by atoms with van der Waals surface area (Å²) in [5, 5.41) is 2.60. The molecule has 0 saturated carbocycles. The van der Waals surface area contributed by atoms with Gasteiger partial charge in [0.1, 0.15) is 0 Å². The van der Waals surface area contributed by atoms with Crippen molar-refractivity contribution in [3.63, 3.8) is 0 Å². The van der Waals surface area contributed by atoms with Gasteiger partial charge in [0.05, 0.1) is 10.8 Å². The quantitative estimate of drug-likeness (QED) is 0.698. The van der Waals surface area contributed by atoms with Crippen molar-refractivity contribution in [3.8, 4) is 0 Å². The highest BCUT2D eigenvalue weighted by Crippen LogP contribution is 2.13. The molecule has 0 aromatic heterocycles. The molecule has 0 spiro atoms. The number of sulfone groups is 1. The minimum atomic E-state index is -3.20. The van der Waals surface area contributed by atoms with Crippen LogP contribution in [0.5, 0.6) is 0 Å². The monoisotopic (exact) mass is 264 g/mol. The fourth-order valence-corrected chi connectivity index (χ4v) is 1.45. The molecule has 5 nitrogen and oxygen atoms in total. The fraction of sp³-hybridized carbons (Fsp3) is 0.909.